The minimum Gasteiger partial charge on any atom is -0.481 e. The number of rotatable bonds is 4. The maximum absolute atomic E-state index is 12.1. The summed E-state index contributed by atoms with van der Waals surface area (Å²) in [7, 11) is 0. The molecule has 0 spiro atoms. The van der Waals surface area contributed by atoms with Crippen molar-refractivity contribution in [1.82, 2.24) is 5.32 Å². The third-order valence-corrected chi connectivity index (χ3v) is 4.92. The van der Waals surface area contributed by atoms with Gasteiger partial charge >= 0.3 is 5.97 Å². The van der Waals surface area contributed by atoms with E-state index in [1.54, 1.807) is 0 Å². The summed E-state index contributed by atoms with van der Waals surface area (Å²) in [5.74, 6) is -0.375. The molecule has 114 valence electrons. The van der Waals surface area contributed by atoms with E-state index in [-0.39, 0.29) is 23.8 Å². The molecule has 5 nitrogen and oxygen atoms in total. The summed E-state index contributed by atoms with van der Waals surface area (Å²) in [6.45, 7) is 0.675. The van der Waals surface area contributed by atoms with Gasteiger partial charge in [0.1, 0.15) is 0 Å². The van der Waals surface area contributed by atoms with E-state index in [1.165, 1.54) is 0 Å². The smallest absolute Gasteiger partial charge is 0.306 e. The first-order valence-corrected chi connectivity index (χ1v) is 7.84. The maximum atomic E-state index is 12.1. The molecule has 2 unspecified atom stereocenters. The van der Waals surface area contributed by atoms with Crippen LogP contribution in [-0.2, 0) is 9.59 Å². The van der Waals surface area contributed by atoms with Crippen molar-refractivity contribution < 1.29 is 14.7 Å². The molecule has 2 aliphatic rings. The lowest BCUT2D eigenvalue weighted by molar-refractivity contribution is -0.143. The van der Waals surface area contributed by atoms with Crippen molar-refractivity contribution >= 4 is 11.9 Å². The number of carbonyl (C=O) groups is 2. The summed E-state index contributed by atoms with van der Waals surface area (Å²) >= 11 is 0. The van der Waals surface area contributed by atoms with E-state index in [9.17, 15) is 9.59 Å². The summed E-state index contributed by atoms with van der Waals surface area (Å²) in [5.41, 5.74) is 6.01. The average molecular weight is 282 g/mol. The van der Waals surface area contributed by atoms with Crippen LogP contribution in [0.15, 0.2) is 0 Å². The second-order valence-corrected chi connectivity index (χ2v) is 6.36. The second-order valence-electron chi connectivity index (χ2n) is 6.36. The predicted molar refractivity (Wildman–Crippen MR) is 76.0 cm³/mol. The lowest BCUT2D eigenvalue weighted by atomic mass is 9.81. The van der Waals surface area contributed by atoms with Crippen LogP contribution < -0.4 is 11.1 Å². The van der Waals surface area contributed by atoms with Crippen LogP contribution in [0.1, 0.15) is 51.4 Å². The third-order valence-electron chi connectivity index (χ3n) is 4.92. The van der Waals surface area contributed by atoms with Gasteiger partial charge in [-0.2, -0.15) is 0 Å². The van der Waals surface area contributed by atoms with E-state index in [1.807, 2.05) is 0 Å². The van der Waals surface area contributed by atoms with Crippen molar-refractivity contribution in [3.05, 3.63) is 0 Å². The van der Waals surface area contributed by atoms with Crippen molar-refractivity contribution in [3.8, 4) is 0 Å². The molecule has 2 rings (SSSR count). The molecule has 0 aromatic rings. The molecular formula is C15H26N2O3. The quantitative estimate of drug-likeness (QED) is 0.728. The maximum Gasteiger partial charge on any atom is 0.306 e. The van der Waals surface area contributed by atoms with Crippen molar-refractivity contribution in [2.45, 2.75) is 57.4 Å². The number of hydrogen-bond donors (Lipinski definition) is 3. The third kappa shape index (κ3) is 3.95. The summed E-state index contributed by atoms with van der Waals surface area (Å²) in [4.78, 5) is 23.0. The molecule has 0 radical (unpaired) electrons. The molecule has 1 amide bonds. The summed E-state index contributed by atoms with van der Waals surface area (Å²) in [5, 5.41) is 12.0. The molecule has 5 heteroatoms. The van der Waals surface area contributed by atoms with Crippen molar-refractivity contribution in [2.75, 3.05) is 6.54 Å². The van der Waals surface area contributed by atoms with E-state index >= 15 is 0 Å². The Labute approximate surface area is 120 Å². The van der Waals surface area contributed by atoms with Gasteiger partial charge in [-0.1, -0.05) is 12.8 Å². The Morgan fingerprint density at radius 1 is 1.05 bits per heavy atom. The highest BCUT2D eigenvalue weighted by atomic mass is 16.4. The van der Waals surface area contributed by atoms with Crippen LogP contribution in [0.25, 0.3) is 0 Å². The minimum atomic E-state index is -0.680. The van der Waals surface area contributed by atoms with Crippen LogP contribution in [0.3, 0.4) is 0 Å². The van der Waals surface area contributed by atoms with Gasteiger partial charge in [0.2, 0.25) is 5.91 Å². The van der Waals surface area contributed by atoms with Gasteiger partial charge in [0.25, 0.3) is 0 Å². The zero-order valence-electron chi connectivity index (χ0n) is 12.0. The van der Waals surface area contributed by atoms with Crippen LogP contribution in [0.2, 0.25) is 0 Å². The first-order chi connectivity index (χ1) is 9.58. The molecule has 2 fully saturated rings. The van der Waals surface area contributed by atoms with E-state index in [0.29, 0.717) is 12.5 Å². The highest BCUT2D eigenvalue weighted by Gasteiger charge is 2.30. The van der Waals surface area contributed by atoms with E-state index in [2.05, 4.69) is 5.32 Å². The van der Waals surface area contributed by atoms with Crippen LogP contribution in [0.4, 0.5) is 0 Å². The number of amides is 1. The Morgan fingerprint density at radius 3 is 2.30 bits per heavy atom. The van der Waals surface area contributed by atoms with Gasteiger partial charge in [-0.05, 0) is 44.4 Å². The monoisotopic (exact) mass is 282 g/mol. The van der Waals surface area contributed by atoms with Crippen LogP contribution in [0, 0.1) is 17.8 Å². The number of carboxylic acids is 1. The molecule has 0 heterocycles. The van der Waals surface area contributed by atoms with Crippen LogP contribution >= 0.6 is 0 Å². The van der Waals surface area contributed by atoms with Crippen molar-refractivity contribution in [2.24, 2.45) is 23.5 Å². The SMILES string of the molecule is NC1CCCCC1C(=O)NCC1CCC(C(=O)O)CC1. The van der Waals surface area contributed by atoms with Crippen LogP contribution in [-0.4, -0.2) is 29.6 Å². The fraction of sp³-hybridized carbons (Fsp3) is 0.867. The number of nitrogens with one attached hydrogen (secondary N) is 1. The molecule has 4 N–H and O–H groups in total. The number of nitrogens with two attached hydrogens (primary N) is 1. The van der Waals surface area contributed by atoms with Gasteiger partial charge in [0.15, 0.2) is 0 Å². The molecule has 2 atom stereocenters. The highest BCUT2D eigenvalue weighted by molar-refractivity contribution is 5.79. The van der Waals surface area contributed by atoms with Crippen molar-refractivity contribution in [3.63, 3.8) is 0 Å². The van der Waals surface area contributed by atoms with E-state index < -0.39 is 5.97 Å². The Morgan fingerprint density at radius 2 is 1.70 bits per heavy atom. The van der Waals surface area contributed by atoms with Crippen molar-refractivity contribution in [1.29, 1.82) is 0 Å². The molecular weight excluding hydrogens is 256 g/mol. The topological polar surface area (TPSA) is 92.4 Å². The van der Waals surface area contributed by atoms with Gasteiger partial charge in [0.05, 0.1) is 11.8 Å². The van der Waals surface area contributed by atoms with Crippen LogP contribution in [0.5, 0.6) is 0 Å². The number of carbonyl (C=O) groups excluding carboxylic acids is 1. The molecule has 20 heavy (non-hydrogen) atoms. The molecule has 2 saturated carbocycles. The zero-order chi connectivity index (χ0) is 14.5. The largest absolute Gasteiger partial charge is 0.481 e. The zero-order valence-corrected chi connectivity index (χ0v) is 12.0. The van der Waals surface area contributed by atoms with E-state index in [0.717, 1.165) is 51.4 Å². The fourth-order valence-corrected chi connectivity index (χ4v) is 3.47. The number of aliphatic carboxylic acids is 1. The molecule has 0 saturated heterocycles. The van der Waals surface area contributed by atoms with Gasteiger partial charge in [0, 0.05) is 12.6 Å². The Bertz CT molecular complexity index is 351. The molecule has 0 bridgehead atoms. The number of carboxylic acid groups (broad SMARTS) is 1. The molecule has 0 aliphatic heterocycles. The van der Waals surface area contributed by atoms with Gasteiger partial charge < -0.3 is 16.2 Å². The molecule has 0 aromatic heterocycles. The lowest BCUT2D eigenvalue weighted by Gasteiger charge is -2.30. The minimum absolute atomic E-state index is 0.00602. The highest BCUT2D eigenvalue weighted by Crippen LogP contribution is 2.29. The normalized spacial score (nSPS) is 34.5. The van der Waals surface area contributed by atoms with Gasteiger partial charge in [-0.15, -0.1) is 0 Å². The lowest BCUT2D eigenvalue weighted by Crippen LogP contribution is -2.45. The number of hydrogen-bond acceptors (Lipinski definition) is 3. The molecule has 0 aromatic carbocycles. The Balaban J connectivity index is 1.70. The molecule has 2 aliphatic carbocycles. The second kappa shape index (κ2) is 7.07. The fourth-order valence-electron chi connectivity index (χ4n) is 3.47. The first kappa shape index (κ1) is 15.3. The summed E-state index contributed by atoms with van der Waals surface area (Å²) in [6, 6.07) is 0.00602. The predicted octanol–water partition coefficient (Wildman–Crippen LogP) is 1.51. The standard InChI is InChI=1S/C15H26N2O3/c16-13-4-2-1-3-12(13)14(18)17-9-10-5-7-11(8-6-10)15(19)20/h10-13H,1-9,16H2,(H,17,18)(H,19,20). The average Bonchev–Trinajstić information content (AvgIpc) is 2.45. The summed E-state index contributed by atoms with van der Waals surface area (Å²) < 4.78 is 0. The van der Waals surface area contributed by atoms with E-state index in [4.69, 9.17) is 10.8 Å². The van der Waals surface area contributed by atoms with Gasteiger partial charge in [-0.25, -0.2) is 0 Å². The Kier molecular flexibility index (Phi) is 5.40. The Hall–Kier alpha value is -1.10. The van der Waals surface area contributed by atoms with Gasteiger partial charge in [-0.3, -0.25) is 9.59 Å². The summed E-state index contributed by atoms with van der Waals surface area (Å²) in [6.07, 6.45) is 7.33. The first-order valence-electron chi connectivity index (χ1n) is 7.84.